The quantitative estimate of drug-likeness (QED) is 0.740. The highest BCUT2D eigenvalue weighted by Crippen LogP contribution is 2.29. The predicted octanol–water partition coefficient (Wildman–Crippen LogP) is 3.95. The minimum atomic E-state index is 0.0643. The largest absolute Gasteiger partial charge is 0.340 e. The third-order valence-corrected chi connectivity index (χ3v) is 3.97. The molecule has 20 heavy (non-hydrogen) atoms. The zero-order valence-electron chi connectivity index (χ0n) is 11.2. The minimum absolute atomic E-state index is 0.0643. The van der Waals surface area contributed by atoms with Crippen LogP contribution in [0.5, 0.6) is 0 Å². The van der Waals surface area contributed by atoms with Crippen LogP contribution in [0.1, 0.15) is 22.2 Å². The van der Waals surface area contributed by atoms with Crippen LogP contribution in [0, 0.1) is 6.92 Å². The molecule has 1 N–H and O–H groups in total. The number of aryl methyl sites for hydroxylation is 1. The Balaban J connectivity index is 1.94. The fraction of sp³-hybridized carbons (Fsp3) is 0.133. The highest BCUT2D eigenvalue weighted by molar-refractivity contribution is 7.18. The van der Waals surface area contributed by atoms with Crippen molar-refractivity contribution < 1.29 is 4.79 Å². The van der Waals surface area contributed by atoms with Gasteiger partial charge < -0.3 is 5.32 Å². The number of aromatic nitrogens is 2. The molecule has 0 atom stereocenters. The molecular weight excluding hydrogens is 270 g/mol. The van der Waals surface area contributed by atoms with Crippen LogP contribution in [0.3, 0.4) is 0 Å². The highest BCUT2D eigenvalue weighted by atomic mass is 32.1. The van der Waals surface area contributed by atoms with Crippen molar-refractivity contribution in [2.24, 2.45) is 0 Å². The second-order valence-corrected chi connectivity index (χ2v) is 5.79. The van der Waals surface area contributed by atoms with Crippen LogP contribution in [0.2, 0.25) is 0 Å². The lowest BCUT2D eigenvalue weighted by atomic mass is 10.1. The number of nitrogens with one attached hydrogen (secondary N) is 1. The van der Waals surface area contributed by atoms with E-state index in [1.807, 2.05) is 24.3 Å². The van der Waals surface area contributed by atoms with E-state index < -0.39 is 0 Å². The van der Waals surface area contributed by atoms with Gasteiger partial charge in [0.1, 0.15) is 17.0 Å². The molecule has 0 aliphatic carbocycles. The van der Waals surface area contributed by atoms with Gasteiger partial charge in [-0.05, 0) is 44.2 Å². The molecule has 3 rings (SSSR count). The molecule has 0 amide bonds. The van der Waals surface area contributed by atoms with E-state index in [2.05, 4.69) is 28.3 Å². The Kier molecular flexibility index (Phi) is 3.20. The van der Waals surface area contributed by atoms with Gasteiger partial charge >= 0.3 is 0 Å². The zero-order valence-corrected chi connectivity index (χ0v) is 12.0. The first-order valence-corrected chi connectivity index (χ1v) is 7.04. The number of ketones is 1. The molecule has 0 saturated carbocycles. The lowest BCUT2D eigenvalue weighted by molar-refractivity contribution is 0.101. The van der Waals surface area contributed by atoms with Gasteiger partial charge in [-0.1, -0.05) is 0 Å². The molecule has 0 fully saturated rings. The van der Waals surface area contributed by atoms with E-state index in [0.717, 1.165) is 21.7 Å². The maximum Gasteiger partial charge on any atom is 0.159 e. The number of anilines is 2. The maximum absolute atomic E-state index is 11.3. The fourth-order valence-electron chi connectivity index (χ4n) is 2.00. The van der Waals surface area contributed by atoms with Crippen LogP contribution < -0.4 is 5.32 Å². The summed E-state index contributed by atoms with van der Waals surface area (Å²) in [6, 6.07) is 9.45. The van der Waals surface area contributed by atoms with Gasteiger partial charge in [0, 0.05) is 16.1 Å². The molecule has 0 saturated heterocycles. The molecule has 0 aliphatic rings. The Morgan fingerprint density at radius 1 is 1.20 bits per heavy atom. The first kappa shape index (κ1) is 12.7. The van der Waals surface area contributed by atoms with E-state index in [9.17, 15) is 4.79 Å². The molecule has 2 heterocycles. The van der Waals surface area contributed by atoms with Crippen molar-refractivity contribution in [2.45, 2.75) is 13.8 Å². The van der Waals surface area contributed by atoms with E-state index in [1.165, 1.54) is 4.88 Å². The molecule has 100 valence electrons. The van der Waals surface area contributed by atoms with E-state index in [1.54, 1.807) is 24.6 Å². The van der Waals surface area contributed by atoms with E-state index >= 15 is 0 Å². The van der Waals surface area contributed by atoms with Crippen molar-refractivity contribution in [1.82, 2.24) is 9.97 Å². The van der Waals surface area contributed by atoms with E-state index in [-0.39, 0.29) is 5.78 Å². The molecule has 1 aromatic carbocycles. The summed E-state index contributed by atoms with van der Waals surface area (Å²) in [5.41, 5.74) is 1.61. The first-order valence-electron chi connectivity index (χ1n) is 6.22. The van der Waals surface area contributed by atoms with Gasteiger partial charge in [0.15, 0.2) is 5.78 Å². The molecule has 2 aromatic heterocycles. The van der Waals surface area contributed by atoms with Gasteiger partial charge in [-0.3, -0.25) is 4.79 Å². The second kappa shape index (κ2) is 5.02. The highest BCUT2D eigenvalue weighted by Gasteiger charge is 2.07. The van der Waals surface area contributed by atoms with Crippen LogP contribution in [-0.2, 0) is 0 Å². The molecule has 0 radical (unpaired) electrons. The normalized spacial score (nSPS) is 10.7. The summed E-state index contributed by atoms with van der Waals surface area (Å²) in [7, 11) is 0. The number of carbonyl (C=O) groups is 1. The summed E-state index contributed by atoms with van der Waals surface area (Å²) in [6.45, 7) is 3.61. The third kappa shape index (κ3) is 2.40. The van der Waals surface area contributed by atoms with Crippen molar-refractivity contribution in [2.75, 3.05) is 5.32 Å². The SMILES string of the molecule is CC(=O)c1ccc(Nc2ncnc3sc(C)cc23)cc1. The van der Waals surface area contributed by atoms with Crippen LogP contribution in [0.15, 0.2) is 36.7 Å². The van der Waals surface area contributed by atoms with Gasteiger partial charge in [-0.25, -0.2) is 9.97 Å². The smallest absolute Gasteiger partial charge is 0.159 e. The van der Waals surface area contributed by atoms with Crippen LogP contribution in [0.4, 0.5) is 11.5 Å². The summed E-state index contributed by atoms with van der Waals surface area (Å²) >= 11 is 1.65. The average molecular weight is 283 g/mol. The van der Waals surface area contributed by atoms with Gasteiger partial charge in [0.25, 0.3) is 0 Å². The van der Waals surface area contributed by atoms with Crippen molar-refractivity contribution in [3.63, 3.8) is 0 Å². The molecular formula is C15H13N3OS. The summed E-state index contributed by atoms with van der Waals surface area (Å²) in [6.07, 6.45) is 1.56. The zero-order chi connectivity index (χ0) is 14.1. The van der Waals surface area contributed by atoms with E-state index in [4.69, 9.17) is 0 Å². The van der Waals surface area contributed by atoms with Crippen molar-refractivity contribution in [3.8, 4) is 0 Å². The minimum Gasteiger partial charge on any atom is -0.340 e. The van der Waals surface area contributed by atoms with Crippen LogP contribution in [0.25, 0.3) is 10.2 Å². The van der Waals surface area contributed by atoms with Crippen molar-refractivity contribution in [3.05, 3.63) is 47.1 Å². The number of fused-ring (bicyclic) bond motifs is 1. The number of thiophene rings is 1. The number of benzene rings is 1. The Hall–Kier alpha value is -2.27. The monoisotopic (exact) mass is 283 g/mol. The third-order valence-electron chi connectivity index (χ3n) is 3.01. The lowest BCUT2D eigenvalue weighted by Crippen LogP contribution is -1.96. The van der Waals surface area contributed by atoms with E-state index in [0.29, 0.717) is 5.56 Å². The van der Waals surface area contributed by atoms with Gasteiger partial charge in [0.05, 0.1) is 5.39 Å². The molecule has 0 spiro atoms. The topological polar surface area (TPSA) is 54.9 Å². The summed E-state index contributed by atoms with van der Waals surface area (Å²) in [5, 5.41) is 4.29. The Morgan fingerprint density at radius 2 is 1.95 bits per heavy atom. The Labute approximate surface area is 120 Å². The first-order chi connectivity index (χ1) is 9.63. The van der Waals surface area contributed by atoms with Crippen molar-refractivity contribution in [1.29, 1.82) is 0 Å². The summed E-state index contributed by atoms with van der Waals surface area (Å²) < 4.78 is 0. The molecule has 5 heteroatoms. The number of carbonyl (C=O) groups excluding carboxylic acids is 1. The standard InChI is InChI=1S/C15H13N3OS/c1-9-7-13-14(16-8-17-15(13)20-9)18-12-5-3-11(4-6-12)10(2)19/h3-8H,1-2H3,(H,16,17,18). The predicted molar refractivity (Wildman–Crippen MR) is 81.9 cm³/mol. The Bertz CT molecular complexity index is 777. The van der Waals surface area contributed by atoms with Gasteiger partial charge in [-0.2, -0.15) is 0 Å². The number of rotatable bonds is 3. The molecule has 3 aromatic rings. The van der Waals surface area contributed by atoms with Crippen LogP contribution >= 0.6 is 11.3 Å². The summed E-state index contributed by atoms with van der Waals surface area (Å²) in [5.74, 6) is 0.851. The second-order valence-electron chi connectivity index (χ2n) is 4.56. The van der Waals surface area contributed by atoms with Gasteiger partial charge in [-0.15, -0.1) is 11.3 Å². The van der Waals surface area contributed by atoms with Gasteiger partial charge in [0.2, 0.25) is 0 Å². The lowest BCUT2D eigenvalue weighted by Gasteiger charge is -2.06. The molecule has 0 aliphatic heterocycles. The van der Waals surface area contributed by atoms with Crippen molar-refractivity contribution >= 4 is 38.8 Å². The molecule has 0 unspecified atom stereocenters. The fourth-order valence-corrected chi connectivity index (χ4v) is 2.85. The molecule has 4 nitrogen and oxygen atoms in total. The summed E-state index contributed by atoms with van der Waals surface area (Å²) in [4.78, 5) is 22.0. The van der Waals surface area contributed by atoms with Crippen LogP contribution in [-0.4, -0.2) is 15.8 Å². The number of hydrogen-bond donors (Lipinski definition) is 1. The number of Topliss-reactive ketones (excluding diaryl/α,β-unsaturated/α-hetero) is 1. The maximum atomic E-state index is 11.3. The number of hydrogen-bond acceptors (Lipinski definition) is 5. The average Bonchev–Trinajstić information content (AvgIpc) is 2.81. The molecule has 0 bridgehead atoms. The number of nitrogens with zero attached hydrogens (tertiary/aromatic N) is 2. The Morgan fingerprint density at radius 3 is 2.65 bits per heavy atom.